The fourth-order valence-corrected chi connectivity index (χ4v) is 1.62. The molecule has 0 bridgehead atoms. The largest absolute Gasteiger partial charge is 0.381 e. The number of benzene rings is 1. The van der Waals surface area contributed by atoms with Crippen LogP contribution in [0.4, 0.5) is 0 Å². The van der Waals surface area contributed by atoms with Gasteiger partial charge < -0.3 is 4.74 Å². The van der Waals surface area contributed by atoms with Crippen molar-refractivity contribution < 1.29 is 4.74 Å². The van der Waals surface area contributed by atoms with Gasteiger partial charge in [0.25, 0.3) is 0 Å². The fourth-order valence-electron chi connectivity index (χ4n) is 1.62. The highest BCUT2D eigenvalue weighted by atomic mass is 16.5. The van der Waals surface area contributed by atoms with E-state index >= 15 is 0 Å². The number of aryl methyl sites for hydroxylation is 1. The average molecular weight is 204 g/mol. The maximum absolute atomic E-state index is 5.23. The summed E-state index contributed by atoms with van der Waals surface area (Å²) in [5, 5.41) is 2.39. The molecule has 0 aromatic heterocycles. The number of rotatable bonds is 4. The zero-order valence-corrected chi connectivity index (χ0v) is 9.92. The van der Waals surface area contributed by atoms with Gasteiger partial charge in [-0.1, -0.05) is 37.8 Å². The van der Waals surface area contributed by atoms with E-state index in [9.17, 15) is 0 Å². The van der Waals surface area contributed by atoms with Gasteiger partial charge in [0.15, 0.2) is 0 Å². The van der Waals surface area contributed by atoms with Crippen molar-refractivity contribution in [3.05, 3.63) is 34.2 Å². The van der Waals surface area contributed by atoms with Crippen LogP contribution in [0.15, 0.2) is 18.2 Å². The quantitative estimate of drug-likeness (QED) is 0.727. The summed E-state index contributed by atoms with van der Waals surface area (Å²) in [7, 11) is 1.75. The normalized spacial score (nSPS) is 14.2. The summed E-state index contributed by atoms with van der Waals surface area (Å²) in [4.78, 5) is 0. The van der Waals surface area contributed by atoms with Crippen LogP contribution in [0.5, 0.6) is 0 Å². The van der Waals surface area contributed by atoms with Crippen molar-refractivity contribution in [2.24, 2.45) is 0 Å². The average Bonchev–Trinajstić information content (AvgIpc) is 2.26. The first-order valence-corrected chi connectivity index (χ1v) is 5.48. The molecule has 0 aliphatic carbocycles. The molecule has 82 valence electrons. The summed E-state index contributed by atoms with van der Waals surface area (Å²) in [6.07, 6.45) is 4.50. The Balaban J connectivity index is 3.06. The molecule has 0 N–H and O–H groups in total. The lowest BCUT2D eigenvalue weighted by molar-refractivity contribution is 0.124. The molecule has 0 aliphatic heterocycles. The summed E-state index contributed by atoms with van der Waals surface area (Å²) < 4.78 is 5.23. The molecule has 0 aliphatic rings. The van der Waals surface area contributed by atoms with Gasteiger partial charge in [-0.25, -0.2) is 0 Å². The molecule has 1 heteroatoms. The third-order valence-electron chi connectivity index (χ3n) is 2.72. The van der Waals surface area contributed by atoms with Crippen molar-refractivity contribution in [1.29, 1.82) is 0 Å². The summed E-state index contributed by atoms with van der Waals surface area (Å²) in [5.74, 6) is 0. The van der Waals surface area contributed by atoms with E-state index < -0.39 is 0 Å². The predicted molar refractivity (Wildman–Crippen MR) is 66.1 cm³/mol. The van der Waals surface area contributed by atoms with Gasteiger partial charge in [-0.2, -0.15) is 0 Å². The van der Waals surface area contributed by atoms with Crippen LogP contribution in [0.25, 0.3) is 12.7 Å². The van der Waals surface area contributed by atoms with Gasteiger partial charge in [0.05, 0.1) is 6.10 Å². The van der Waals surface area contributed by atoms with E-state index in [1.165, 1.54) is 10.8 Å². The molecule has 1 aromatic carbocycles. The molecule has 1 unspecified atom stereocenters. The Morgan fingerprint density at radius 2 is 2.20 bits per heavy atom. The van der Waals surface area contributed by atoms with Crippen molar-refractivity contribution in [3.8, 4) is 0 Å². The number of ether oxygens (including phenoxy) is 1. The third kappa shape index (κ3) is 3.21. The van der Waals surface area contributed by atoms with Crippen LogP contribution < -0.4 is 10.4 Å². The monoisotopic (exact) mass is 204 g/mol. The Kier molecular flexibility index (Phi) is 4.57. The van der Waals surface area contributed by atoms with E-state index in [-0.39, 0.29) is 6.10 Å². The first kappa shape index (κ1) is 12.0. The van der Waals surface area contributed by atoms with E-state index in [1.54, 1.807) is 7.11 Å². The van der Waals surface area contributed by atoms with Gasteiger partial charge in [0.1, 0.15) is 0 Å². The van der Waals surface area contributed by atoms with E-state index in [2.05, 4.69) is 44.7 Å². The highest BCUT2D eigenvalue weighted by Gasteiger charge is 1.97. The zero-order valence-electron chi connectivity index (χ0n) is 9.92. The Morgan fingerprint density at radius 1 is 1.47 bits per heavy atom. The molecule has 0 saturated heterocycles. The van der Waals surface area contributed by atoms with E-state index in [4.69, 9.17) is 4.74 Å². The van der Waals surface area contributed by atoms with Crippen LogP contribution in [-0.4, -0.2) is 13.2 Å². The lowest BCUT2D eigenvalue weighted by atomic mass is 10.1. The summed E-state index contributed by atoms with van der Waals surface area (Å²) in [5.41, 5.74) is 1.37. The molecular formula is C14H20O. The van der Waals surface area contributed by atoms with Crippen LogP contribution in [0.2, 0.25) is 0 Å². The highest BCUT2D eigenvalue weighted by Crippen LogP contribution is 1.96. The standard InChI is InChI=1S/C14H20O/c1-5-13-8-6-7-11(2)14(13)10-9-12(3)15-4/h6-8,10,12H,2,5,9H2,1,3-4H3. The Hall–Kier alpha value is -1.08. The first-order chi connectivity index (χ1) is 7.19. The maximum atomic E-state index is 5.23. The lowest BCUT2D eigenvalue weighted by Gasteiger charge is -2.05. The van der Waals surface area contributed by atoms with Gasteiger partial charge in [0, 0.05) is 7.11 Å². The molecule has 0 heterocycles. The van der Waals surface area contributed by atoms with Crippen molar-refractivity contribution in [2.45, 2.75) is 32.8 Å². The number of hydrogen-bond acceptors (Lipinski definition) is 1. The third-order valence-corrected chi connectivity index (χ3v) is 2.72. The van der Waals surface area contributed by atoms with Gasteiger partial charge in [-0.3, -0.25) is 0 Å². The number of methoxy groups -OCH3 is 1. The van der Waals surface area contributed by atoms with E-state index in [1.807, 2.05) is 0 Å². The van der Waals surface area contributed by atoms with Crippen molar-refractivity contribution in [1.82, 2.24) is 0 Å². The lowest BCUT2D eigenvalue weighted by Crippen LogP contribution is -2.27. The van der Waals surface area contributed by atoms with Gasteiger partial charge >= 0.3 is 0 Å². The van der Waals surface area contributed by atoms with Crippen molar-refractivity contribution in [3.63, 3.8) is 0 Å². The van der Waals surface area contributed by atoms with Crippen LogP contribution in [0.3, 0.4) is 0 Å². The Morgan fingerprint density at radius 3 is 2.80 bits per heavy atom. The Labute approximate surface area is 92.1 Å². The minimum absolute atomic E-state index is 0.273. The maximum Gasteiger partial charge on any atom is 0.0577 e. The van der Waals surface area contributed by atoms with Crippen molar-refractivity contribution in [2.75, 3.05) is 7.11 Å². The summed E-state index contributed by atoms with van der Waals surface area (Å²) in [6.45, 7) is 8.31. The molecule has 1 nitrogen and oxygen atoms in total. The van der Waals surface area contributed by atoms with E-state index in [0.29, 0.717) is 0 Å². The van der Waals surface area contributed by atoms with Gasteiger partial charge in [0.2, 0.25) is 0 Å². The molecule has 0 spiro atoms. The van der Waals surface area contributed by atoms with Crippen LogP contribution in [0, 0.1) is 0 Å². The highest BCUT2D eigenvalue weighted by molar-refractivity contribution is 5.32. The topological polar surface area (TPSA) is 9.23 Å². The molecule has 15 heavy (non-hydrogen) atoms. The minimum atomic E-state index is 0.273. The SMILES string of the molecule is C=c1cccc(CC)c1=CCC(C)OC. The molecule has 0 fully saturated rings. The second-order valence-corrected chi connectivity index (χ2v) is 3.83. The van der Waals surface area contributed by atoms with Crippen molar-refractivity contribution >= 4 is 12.7 Å². The molecule has 0 radical (unpaired) electrons. The van der Waals surface area contributed by atoms with E-state index in [0.717, 1.165) is 18.1 Å². The molecule has 0 amide bonds. The molecule has 1 rings (SSSR count). The number of hydrogen-bond donors (Lipinski definition) is 0. The Bertz CT molecular complexity index is 406. The second-order valence-electron chi connectivity index (χ2n) is 3.83. The summed E-state index contributed by atoms with van der Waals surface area (Å²) >= 11 is 0. The first-order valence-electron chi connectivity index (χ1n) is 5.48. The van der Waals surface area contributed by atoms with Gasteiger partial charge in [-0.15, -0.1) is 0 Å². The van der Waals surface area contributed by atoms with Crippen LogP contribution in [-0.2, 0) is 11.2 Å². The predicted octanol–water partition coefficient (Wildman–Crippen LogP) is 1.86. The summed E-state index contributed by atoms with van der Waals surface area (Å²) in [6, 6.07) is 6.29. The second kappa shape index (κ2) is 5.72. The zero-order chi connectivity index (χ0) is 11.3. The molecule has 1 aromatic rings. The smallest absolute Gasteiger partial charge is 0.0577 e. The van der Waals surface area contributed by atoms with Crippen LogP contribution >= 0.6 is 0 Å². The molecule has 0 saturated carbocycles. The minimum Gasteiger partial charge on any atom is -0.381 e. The fraction of sp³-hybridized carbons (Fsp3) is 0.429. The molecule has 1 atom stereocenters. The van der Waals surface area contributed by atoms with Crippen LogP contribution in [0.1, 0.15) is 25.8 Å². The van der Waals surface area contributed by atoms with Gasteiger partial charge in [-0.05, 0) is 35.8 Å². The molecular weight excluding hydrogens is 184 g/mol.